The number of rotatable bonds is 6. The predicted molar refractivity (Wildman–Crippen MR) is 135 cm³/mol. The molecule has 188 valence electrons. The molecule has 12 heteroatoms. The van der Waals surface area contributed by atoms with Crippen molar-refractivity contribution in [2.45, 2.75) is 23.8 Å². The van der Waals surface area contributed by atoms with E-state index in [1.165, 1.54) is 37.7 Å². The highest BCUT2D eigenvalue weighted by Crippen LogP contribution is 2.39. The SMILES string of the molecule is COc1ccc(S(=O)(=O)Nc2cccc(-c3cn(C4CCOCC4)c4ncnc(N)c34)c2F)cc1Cl. The first-order valence-corrected chi connectivity index (χ1v) is 13.0. The molecule has 0 unspecified atom stereocenters. The number of hydrogen-bond donors (Lipinski definition) is 2. The summed E-state index contributed by atoms with van der Waals surface area (Å²) in [6.45, 7) is 1.22. The molecule has 0 aliphatic carbocycles. The summed E-state index contributed by atoms with van der Waals surface area (Å²) in [5.74, 6) is -0.224. The van der Waals surface area contributed by atoms with E-state index in [9.17, 15) is 8.42 Å². The molecule has 1 fully saturated rings. The van der Waals surface area contributed by atoms with Gasteiger partial charge in [-0.3, -0.25) is 4.72 Å². The van der Waals surface area contributed by atoms with Crippen LogP contribution in [-0.2, 0) is 14.8 Å². The van der Waals surface area contributed by atoms with Crippen LogP contribution in [0.5, 0.6) is 5.75 Å². The fourth-order valence-electron chi connectivity index (χ4n) is 4.39. The van der Waals surface area contributed by atoms with Gasteiger partial charge in [0.2, 0.25) is 0 Å². The van der Waals surface area contributed by atoms with Gasteiger partial charge in [-0.15, -0.1) is 0 Å². The highest BCUT2D eigenvalue weighted by atomic mass is 35.5. The molecule has 2 aromatic carbocycles. The second kappa shape index (κ2) is 9.57. The lowest BCUT2D eigenvalue weighted by molar-refractivity contribution is 0.0706. The number of halogens is 2. The summed E-state index contributed by atoms with van der Waals surface area (Å²) >= 11 is 6.09. The van der Waals surface area contributed by atoms with E-state index >= 15 is 4.39 Å². The molecule has 5 rings (SSSR count). The van der Waals surface area contributed by atoms with E-state index in [2.05, 4.69) is 14.7 Å². The maximum Gasteiger partial charge on any atom is 0.262 e. The predicted octanol–water partition coefficient (Wildman–Crippen LogP) is 4.63. The van der Waals surface area contributed by atoms with Gasteiger partial charge in [-0.2, -0.15) is 0 Å². The lowest BCUT2D eigenvalue weighted by Gasteiger charge is -2.24. The molecule has 3 heterocycles. The third-order valence-corrected chi connectivity index (χ3v) is 7.85. The molecule has 1 aliphatic heterocycles. The summed E-state index contributed by atoms with van der Waals surface area (Å²) in [6, 6.07) is 8.57. The quantitative estimate of drug-likeness (QED) is 0.372. The lowest BCUT2D eigenvalue weighted by Crippen LogP contribution is -2.19. The molecule has 1 saturated heterocycles. The Kier molecular flexibility index (Phi) is 6.45. The molecule has 0 saturated carbocycles. The number of anilines is 2. The number of nitrogens with two attached hydrogens (primary N) is 1. The summed E-state index contributed by atoms with van der Waals surface area (Å²) in [6.07, 6.45) is 4.73. The van der Waals surface area contributed by atoms with Gasteiger partial charge >= 0.3 is 0 Å². The highest BCUT2D eigenvalue weighted by molar-refractivity contribution is 7.92. The number of nitrogens with zero attached hydrogens (tertiary/aromatic N) is 3. The third-order valence-electron chi connectivity index (χ3n) is 6.19. The average Bonchev–Trinajstić information content (AvgIpc) is 3.26. The molecule has 1 aliphatic rings. The standard InChI is InChI=1S/C24H23ClFN5O4S/c1-34-20-6-5-15(11-18(20)25)36(32,33)30-19-4-2-3-16(22(19)26)17-12-31(14-7-9-35-10-8-14)24-21(17)23(27)28-13-29-24/h2-6,11-14,30H,7-10H2,1H3,(H2,27,28,29). The molecule has 4 aromatic rings. The van der Waals surface area contributed by atoms with Crippen LogP contribution >= 0.6 is 11.6 Å². The Balaban J connectivity index is 1.57. The smallest absolute Gasteiger partial charge is 0.262 e. The van der Waals surface area contributed by atoms with E-state index in [0.29, 0.717) is 35.6 Å². The number of fused-ring (bicyclic) bond motifs is 1. The van der Waals surface area contributed by atoms with Crippen molar-refractivity contribution < 1.29 is 22.3 Å². The van der Waals surface area contributed by atoms with Gasteiger partial charge in [0.25, 0.3) is 10.0 Å². The van der Waals surface area contributed by atoms with Gasteiger partial charge in [0.1, 0.15) is 23.5 Å². The molecule has 0 radical (unpaired) electrons. The minimum atomic E-state index is -4.14. The van der Waals surface area contributed by atoms with Crippen LogP contribution in [0.4, 0.5) is 15.9 Å². The molecule has 2 aromatic heterocycles. The summed E-state index contributed by atoms with van der Waals surface area (Å²) in [7, 11) is -2.72. The zero-order chi connectivity index (χ0) is 25.4. The maximum absolute atomic E-state index is 15.8. The Morgan fingerprint density at radius 1 is 1.19 bits per heavy atom. The minimum absolute atomic E-state index is 0.105. The van der Waals surface area contributed by atoms with Gasteiger partial charge in [-0.25, -0.2) is 22.8 Å². The van der Waals surface area contributed by atoms with Crippen molar-refractivity contribution in [2.75, 3.05) is 30.8 Å². The molecule has 0 atom stereocenters. The molecule has 3 N–H and O–H groups in total. The largest absolute Gasteiger partial charge is 0.495 e. The second-order valence-corrected chi connectivity index (χ2v) is 10.4. The number of benzene rings is 2. The Hall–Kier alpha value is -3.41. The summed E-state index contributed by atoms with van der Waals surface area (Å²) in [5.41, 5.74) is 7.20. The van der Waals surface area contributed by atoms with E-state index in [4.69, 9.17) is 26.8 Å². The van der Waals surface area contributed by atoms with Crippen LogP contribution in [-0.4, -0.2) is 43.3 Å². The van der Waals surface area contributed by atoms with Crippen molar-refractivity contribution >= 4 is 44.2 Å². The molecule has 0 amide bonds. The van der Waals surface area contributed by atoms with Crippen LogP contribution in [0.25, 0.3) is 22.2 Å². The zero-order valence-electron chi connectivity index (χ0n) is 19.2. The Morgan fingerprint density at radius 3 is 2.69 bits per heavy atom. The molecule has 9 nitrogen and oxygen atoms in total. The third kappa shape index (κ3) is 4.34. The number of nitrogen functional groups attached to an aromatic ring is 1. The van der Waals surface area contributed by atoms with Crippen molar-refractivity contribution in [3.05, 3.63) is 59.8 Å². The van der Waals surface area contributed by atoms with Gasteiger partial charge in [-0.05, 0) is 37.1 Å². The fourth-order valence-corrected chi connectivity index (χ4v) is 5.80. The van der Waals surface area contributed by atoms with Crippen molar-refractivity contribution in [3.8, 4) is 16.9 Å². The summed E-state index contributed by atoms with van der Waals surface area (Å²) in [4.78, 5) is 8.38. The average molecular weight is 532 g/mol. The lowest BCUT2D eigenvalue weighted by atomic mass is 10.0. The van der Waals surface area contributed by atoms with Crippen LogP contribution in [0.2, 0.25) is 5.02 Å². The molecular formula is C24H23ClFN5O4S. The monoisotopic (exact) mass is 531 g/mol. The van der Waals surface area contributed by atoms with Crippen molar-refractivity contribution in [2.24, 2.45) is 0 Å². The Labute approximate surface area is 212 Å². The number of nitrogens with one attached hydrogen (secondary N) is 1. The van der Waals surface area contributed by atoms with Gasteiger partial charge in [0.15, 0.2) is 5.82 Å². The van der Waals surface area contributed by atoms with Crippen LogP contribution < -0.4 is 15.2 Å². The number of ether oxygens (including phenoxy) is 2. The molecule has 0 spiro atoms. The van der Waals surface area contributed by atoms with Crippen molar-refractivity contribution in [1.29, 1.82) is 0 Å². The van der Waals surface area contributed by atoms with Crippen molar-refractivity contribution in [1.82, 2.24) is 14.5 Å². The van der Waals surface area contributed by atoms with Gasteiger partial charge in [-0.1, -0.05) is 23.7 Å². The Bertz CT molecular complexity index is 1550. The van der Waals surface area contributed by atoms with Crippen LogP contribution in [0.1, 0.15) is 18.9 Å². The fraction of sp³-hybridized carbons (Fsp3) is 0.250. The first kappa shape index (κ1) is 24.3. The van der Waals surface area contributed by atoms with Gasteiger partial charge in [0.05, 0.1) is 28.1 Å². The molecule has 0 bridgehead atoms. The van der Waals surface area contributed by atoms with Gasteiger partial charge in [0, 0.05) is 36.6 Å². The summed E-state index contributed by atoms with van der Waals surface area (Å²) < 4.78 is 56.7. The number of aromatic nitrogens is 3. The first-order chi connectivity index (χ1) is 17.3. The van der Waals surface area contributed by atoms with Gasteiger partial charge < -0.3 is 19.8 Å². The van der Waals surface area contributed by atoms with Crippen LogP contribution in [0.3, 0.4) is 0 Å². The van der Waals surface area contributed by atoms with Crippen LogP contribution in [0.15, 0.2) is 53.8 Å². The number of hydrogen-bond acceptors (Lipinski definition) is 7. The topological polar surface area (TPSA) is 121 Å². The minimum Gasteiger partial charge on any atom is -0.495 e. The number of sulfonamides is 1. The molecular weight excluding hydrogens is 509 g/mol. The van der Waals surface area contributed by atoms with E-state index < -0.39 is 15.8 Å². The number of methoxy groups -OCH3 is 1. The first-order valence-electron chi connectivity index (χ1n) is 11.1. The maximum atomic E-state index is 15.8. The summed E-state index contributed by atoms with van der Waals surface area (Å²) in [5, 5.41) is 0.621. The van der Waals surface area contributed by atoms with E-state index in [1.807, 2.05) is 4.57 Å². The van der Waals surface area contributed by atoms with Crippen molar-refractivity contribution in [3.63, 3.8) is 0 Å². The Morgan fingerprint density at radius 2 is 1.97 bits per heavy atom. The van der Waals surface area contributed by atoms with E-state index in [1.54, 1.807) is 18.3 Å². The van der Waals surface area contributed by atoms with Crippen LogP contribution in [0, 0.1) is 5.82 Å². The normalized spacial score (nSPS) is 14.8. The highest BCUT2D eigenvalue weighted by Gasteiger charge is 2.25. The van der Waals surface area contributed by atoms with E-state index in [-0.39, 0.29) is 33.0 Å². The second-order valence-electron chi connectivity index (χ2n) is 8.32. The zero-order valence-corrected chi connectivity index (χ0v) is 20.8. The molecule has 36 heavy (non-hydrogen) atoms. The van der Waals surface area contributed by atoms with E-state index in [0.717, 1.165) is 12.8 Å².